The van der Waals surface area contributed by atoms with Crippen molar-refractivity contribution in [2.45, 2.75) is 13.0 Å². The van der Waals surface area contributed by atoms with Crippen LogP contribution in [0.1, 0.15) is 5.56 Å². The first kappa shape index (κ1) is 13.0. The maximum atomic E-state index is 5.68. The molecule has 0 bridgehead atoms. The minimum atomic E-state index is 0.187. The van der Waals surface area contributed by atoms with Gasteiger partial charge in [-0.1, -0.05) is 0 Å². The van der Waals surface area contributed by atoms with E-state index >= 15 is 0 Å². The predicted octanol–water partition coefficient (Wildman–Crippen LogP) is -0.187. The minimum absolute atomic E-state index is 0.187. The number of nitrogen functional groups attached to an aromatic ring is 1. The Hall–Kier alpha value is -1.44. The van der Waals surface area contributed by atoms with Crippen LogP contribution in [-0.2, 0) is 4.74 Å². The van der Waals surface area contributed by atoms with Gasteiger partial charge in [0, 0.05) is 31.4 Å². The summed E-state index contributed by atoms with van der Waals surface area (Å²) in [6.07, 6.45) is 1.92. The summed E-state index contributed by atoms with van der Waals surface area (Å²) >= 11 is 0. The lowest BCUT2D eigenvalue weighted by Gasteiger charge is -2.30. The van der Waals surface area contributed by atoms with Gasteiger partial charge < -0.3 is 15.0 Å². The quantitative estimate of drug-likeness (QED) is 0.505. The molecule has 7 heteroatoms. The van der Waals surface area contributed by atoms with Gasteiger partial charge in [0.15, 0.2) is 0 Å². The van der Waals surface area contributed by atoms with Gasteiger partial charge in [-0.2, -0.15) is 4.98 Å². The SMILES string of the molecule is Cc1cnc(NN)nc1NCC1CN(C)CCO1. The monoisotopic (exact) mass is 252 g/mol. The lowest BCUT2D eigenvalue weighted by atomic mass is 10.2. The highest BCUT2D eigenvalue weighted by molar-refractivity contribution is 5.46. The number of hydrogen-bond acceptors (Lipinski definition) is 7. The van der Waals surface area contributed by atoms with Gasteiger partial charge in [0.1, 0.15) is 5.82 Å². The predicted molar refractivity (Wildman–Crippen MR) is 70.3 cm³/mol. The van der Waals surface area contributed by atoms with E-state index in [2.05, 4.69) is 32.7 Å². The molecule has 100 valence electrons. The first-order chi connectivity index (χ1) is 8.69. The Labute approximate surface area is 107 Å². The lowest BCUT2D eigenvalue weighted by molar-refractivity contribution is -0.0117. The molecule has 0 amide bonds. The zero-order valence-electron chi connectivity index (χ0n) is 10.8. The van der Waals surface area contributed by atoms with E-state index in [1.54, 1.807) is 6.20 Å². The number of nitrogens with two attached hydrogens (primary N) is 1. The van der Waals surface area contributed by atoms with Gasteiger partial charge in [0.05, 0.1) is 12.7 Å². The number of anilines is 2. The highest BCUT2D eigenvalue weighted by atomic mass is 16.5. The second kappa shape index (κ2) is 5.94. The van der Waals surface area contributed by atoms with Crippen LogP contribution in [-0.4, -0.2) is 54.3 Å². The summed E-state index contributed by atoms with van der Waals surface area (Å²) in [6, 6.07) is 0. The first-order valence-corrected chi connectivity index (χ1v) is 6.03. The molecule has 18 heavy (non-hydrogen) atoms. The summed E-state index contributed by atoms with van der Waals surface area (Å²) in [5, 5.41) is 3.28. The summed E-state index contributed by atoms with van der Waals surface area (Å²) in [7, 11) is 2.10. The molecular formula is C11H20N6O. The molecule has 2 heterocycles. The number of aryl methyl sites for hydroxylation is 1. The second-order valence-corrected chi connectivity index (χ2v) is 4.51. The molecule has 0 aromatic carbocycles. The average Bonchev–Trinajstić information content (AvgIpc) is 2.38. The van der Waals surface area contributed by atoms with Gasteiger partial charge in [0.25, 0.3) is 0 Å². The van der Waals surface area contributed by atoms with E-state index in [0.29, 0.717) is 5.95 Å². The Balaban J connectivity index is 1.92. The van der Waals surface area contributed by atoms with Crippen LogP contribution in [0, 0.1) is 6.92 Å². The third-order valence-electron chi connectivity index (χ3n) is 2.94. The van der Waals surface area contributed by atoms with Crippen molar-refractivity contribution >= 4 is 11.8 Å². The van der Waals surface area contributed by atoms with Crippen LogP contribution >= 0.6 is 0 Å². The molecule has 1 aromatic rings. The maximum absolute atomic E-state index is 5.68. The zero-order chi connectivity index (χ0) is 13.0. The number of likely N-dealkylation sites (N-methyl/N-ethyl adjacent to an activating group) is 1. The van der Waals surface area contributed by atoms with Crippen molar-refractivity contribution in [3.05, 3.63) is 11.8 Å². The molecule has 1 unspecified atom stereocenters. The van der Waals surface area contributed by atoms with Crippen molar-refractivity contribution in [1.29, 1.82) is 0 Å². The Morgan fingerprint density at radius 3 is 3.17 bits per heavy atom. The van der Waals surface area contributed by atoms with Gasteiger partial charge in [-0.25, -0.2) is 10.8 Å². The summed E-state index contributed by atoms with van der Waals surface area (Å²) < 4.78 is 5.68. The Morgan fingerprint density at radius 2 is 2.44 bits per heavy atom. The molecule has 7 nitrogen and oxygen atoms in total. The smallest absolute Gasteiger partial charge is 0.239 e. The molecule has 1 aliphatic heterocycles. The normalized spacial score (nSPS) is 20.7. The van der Waals surface area contributed by atoms with Crippen LogP contribution in [0.15, 0.2) is 6.20 Å². The number of hydrazine groups is 1. The molecule has 2 rings (SSSR count). The van der Waals surface area contributed by atoms with E-state index in [0.717, 1.165) is 37.6 Å². The van der Waals surface area contributed by atoms with E-state index in [4.69, 9.17) is 10.6 Å². The highest BCUT2D eigenvalue weighted by Crippen LogP contribution is 2.12. The number of nitrogens with zero attached hydrogens (tertiary/aromatic N) is 3. The van der Waals surface area contributed by atoms with Crippen LogP contribution in [0.3, 0.4) is 0 Å². The molecule has 1 aliphatic rings. The van der Waals surface area contributed by atoms with Gasteiger partial charge in [-0.3, -0.25) is 5.43 Å². The van der Waals surface area contributed by atoms with E-state index in [1.807, 2.05) is 6.92 Å². The van der Waals surface area contributed by atoms with Crippen LogP contribution in [0.5, 0.6) is 0 Å². The minimum Gasteiger partial charge on any atom is -0.374 e. The lowest BCUT2D eigenvalue weighted by Crippen LogP contribution is -2.43. The Bertz CT molecular complexity index is 399. The molecule has 1 atom stereocenters. The number of ether oxygens (including phenoxy) is 1. The van der Waals surface area contributed by atoms with Crippen molar-refractivity contribution in [2.24, 2.45) is 5.84 Å². The van der Waals surface area contributed by atoms with E-state index in [9.17, 15) is 0 Å². The van der Waals surface area contributed by atoms with Crippen LogP contribution in [0.2, 0.25) is 0 Å². The fourth-order valence-electron chi connectivity index (χ4n) is 1.89. The second-order valence-electron chi connectivity index (χ2n) is 4.51. The standard InChI is InChI=1S/C11H20N6O/c1-8-5-14-11(16-12)15-10(8)13-6-9-7-17(2)3-4-18-9/h5,9H,3-4,6-7,12H2,1-2H3,(H2,13,14,15,16). The van der Waals surface area contributed by atoms with Gasteiger partial charge in [-0.15, -0.1) is 0 Å². The Kier molecular flexibility index (Phi) is 4.29. The topological polar surface area (TPSA) is 88.3 Å². The fraction of sp³-hybridized carbons (Fsp3) is 0.636. The molecule has 0 saturated carbocycles. The third kappa shape index (κ3) is 3.28. The van der Waals surface area contributed by atoms with Crippen LogP contribution in [0.4, 0.5) is 11.8 Å². The third-order valence-corrected chi connectivity index (χ3v) is 2.94. The molecule has 0 radical (unpaired) electrons. The van der Waals surface area contributed by atoms with E-state index < -0.39 is 0 Å². The molecule has 1 aromatic heterocycles. The number of nitrogens with one attached hydrogen (secondary N) is 2. The van der Waals surface area contributed by atoms with Crippen molar-refractivity contribution < 1.29 is 4.74 Å². The first-order valence-electron chi connectivity index (χ1n) is 6.03. The summed E-state index contributed by atoms with van der Waals surface area (Å²) in [5.41, 5.74) is 3.42. The van der Waals surface area contributed by atoms with E-state index in [1.165, 1.54) is 0 Å². The largest absolute Gasteiger partial charge is 0.374 e. The number of morpholine rings is 1. The van der Waals surface area contributed by atoms with Gasteiger partial charge >= 0.3 is 0 Å². The number of rotatable bonds is 4. The van der Waals surface area contributed by atoms with Crippen molar-refractivity contribution in [2.75, 3.05) is 44.0 Å². The van der Waals surface area contributed by atoms with Gasteiger partial charge in [0.2, 0.25) is 5.95 Å². The highest BCUT2D eigenvalue weighted by Gasteiger charge is 2.17. The molecule has 1 fully saturated rings. The summed E-state index contributed by atoms with van der Waals surface area (Å²) in [5.74, 6) is 6.49. The van der Waals surface area contributed by atoms with Crippen LogP contribution < -0.4 is 16.6 Å². The van der Waals surface area contributed by atoms with E-state index in [-0.39, 0.29) is 6.10 Å². The van der Waals surface area contributed by atoms with Crippen molar-refractivity contribution in [3.8, 4) is 0 Å². The number of hydrogen-bond donors (Lipinski definition) is 3. The molecule has 1 saturated heterocycles. The summed E-state index contributed by atoms with van der Waals surface area (Å²) in [4.78, 5) is 10.6. The Morgan fingerprint density at radius 1 is 1.61 bits per heavy atom. The molecule has 0 aliphatic carbocycles. The van der Waals surface area contributed by atoms with Crippen molar-refractivity contribution in [3.63, 3.8) is 0 Å². The molecule has 0 spiro atoms. The van der Waals surface area contributed by atoms with Gasteiger partial charge in [-0.05, 0) is 14.0 Å². The van der Waals surface area contributed by atoms with Crippen LogP contribution in [0.25, 0.3) is 0 Å². The van der Waals surface area contributed by atoms with Crippen molar-refractivity contribution in [1.82, 2.24) is 14.9 Å². The number of aromatic nitrogens is 2. The average molecular weight is 252 g/mol. The fourth-order valence-corrected chi connectivity index (χ4v) is 1.89. The zero-order valence-corrected chi connectivity index (χ0v) is 10.8. The molecular weight excluding hydrogens is 232 g/mol. The molecule has 4 N–H and O–H groups in total. The maximum Gasteiger partial charge on any atom is 0.239 e. The summed E-state index contributed by atoms with van der Waals surface area (Å²) in [6.45, 7) is 5.38.